The maximum Gasteiger partial charge on any atom is 0.246 e. The summed E-state index contributed by atoms with van der Waals surface area (Å²) in [5.41, 5.74) is 0.524. The molecule has 0 aliphatic rings. The summed E-state index contributed by atoms with van der Waals surface area (Å²) in [5.74, 6) is -0.330. The van der Waals surface area contributed by atoms with Crippen LogP contribution in [-0.2, 0) is 36.9 Å². The Balaban J connectivity index is 2.35. The molecule has 0 bridgehead atoms. The van der Waals surface area contributed by atoms with Crippen molar-refractivity contribution in [2.45, 2.75) is 54.6 Å². The van der Waals surface area contributed by atoms with Gasteiger partial charge in [0.05, 0.1) is 15.5 Å². The van der Waals surface area contributed by atoms with E-state index in [0.717, 1.165) is 11.9 Å². The fourth-order valence-corrected chi connectivity index (χ4v) is 4.51. The lowest BCUT2D eigenvalue weighted by Gasteiger charge is -2.24. The Labute approximate surface area is 172 Å². The van der Waals surface area contributed by atoms with E-state index in [1.807, 2.05) is 20.8 Å². The highest BCUT2D eigenvalue weighted by molar-refractivity contribution is 7.93. The second-order valence-electron chi connectivity index (χ2n) is 8.50. The number of hydrogen-bond donors (Lipinski definition) is 1. The molecule has 0 aliphatic carbocycles. The molecule has 0 atom stereocenters. The normalized spacial score (nSPS) is 13.3. The van der Waals surface area contributed by atoms with Crippen LogP contribution in [0.3, 0.4) is 0 Å². The highest BCUT2D eigenvalue weighted by Gasteiger charge is 2.43. The minimum absolute atomic E-state index is 0.00306. The largest absolute Gasteiger partial charge is 0.310 e. The second-order valence-corrected chi connectivity index (χ2v) is 13.0. The third-order valence-electron chi connectivity index (χ3n) is 4.67. The zero-order chi connectivity index (χ0) is 22.4. The number of rotatable bonds is 5. The molecule has 0 saturated carbocycles. The lowest BCUT2D eigenvalue weighted by molar-refractivity contribution is -0.117. The standard InChI is InChI=1S/C19H27N3O5S2/c1-18(2,3)15-12-16(22(6)21-15)20-17(23)19(4,5)29(26,27)14-10-8-13(9-11-14)28(7,24)25/h8-12H,1-7H3,(H,20,23). The van der Waals surface area contributed by atoms with E-state index in [4.69, 9.17) is 0 Å². The lowest BCUT2D eigenvalue weighted by atomic mass is 9.92. The number of aromatic nitrogens is 2. The summed E-state index contributed by atoms with van der Waals surface area (Å²) in [5, 5.41) is 7.01. The van der Waals surface area contributed by atoms with Gasteiger partial charge in [-0.25, -0.2) is 16.8 Å². The molecule has 1 aromatic heterocycles. The van der Waals surface area contributed by atoms with Crippen LogP contribution in [0.4, 0.5) is 5.82 Å². The fraction of sp³-hybridized carbons (Fsp3) is 0.474. The van der Waals surface area contributed by atoms with E-state index in [-0.39, 0.29) is 15.2 Å². The van der Waals surface area contributed by atoms with Gasteiger partial charge in [0.25, 0.3) is 0 Å². The third kappa shape index (κ3) is 4.53. The van der Waals surface area contributed by atoms with E-state index >= 15 is 0 Å². The van der Waals surface area contributed by atoms with Crippen molar-refractivity contribution in [3.8, 4) is 0 Å². The maximum absolute atomic E-state index is 13.1. The highest BCUT2D eigenvalue weighted by atomic mass is 32.2. The number of hydrogen-bond acceptors (Lipinski definition) is 6. The molecule has 0 unspecified atom stereocenters. The molecule has 8 nitrogen and oxygen atoms in total. The molecule has 2 rings (SSSR count). The predicted octanol–water partition coefficient (Wildman–Crippen LogP) is 2.31. The first kappa shape index (κ1) is 23.1. The van der Waals surface area contributed by atoms with Crippen LogP contribution >= 0.6 is 0 Å². The number of amides is 1. The molecule has 1 aromatic carbocycles. The third-order valence-corrected chi connectivity index (χ3v) is 8.22. The Morgan fingerprint density at radius 3 is 1.86 bits per heavy atom. The molecular weight excluding hydrogens is 414 g/mol. The Morgan fingerprint density at radius 1 is 0.966 bits per heavy atom. The van der Waals surface area contributed by atoms with Gasteiger partial charge in [-0.1, -0.05) is 20.8 Å². The maximum atomic E-state index is 13.1. The number of sulfone groups is 2. The van der Waals surface area contributed by atoms with Crippen molar-refractivity contribution in [2.24, 2.45) is 7.05 Å². The molecule has 0 saturated heterocycles. The van der Waals surface area contributed by atoms with Crippen LogP contribution in [0.15, 0.2) is 40.1 Å². The number of aryl methyl sites for hydroxylation is 1. The first-order chi connectivity index (χ1) is 13.0. The smallest absolute Gasteiger partial charge is 0.246 e. The molecule has 0 fully saturated rings. The number of benzene rings is 1. The Morgan fingerprint density at radius 2 is 1.45 bits per heavy atom. The van der Waals surface area contributed by atoms with Gasteiger partial charge in [-0.3, -0.25) is 9.48 Å². The van der Waals surface area contributed by atoms with Crippen LogP contribution in [0, 0.1) is 0 Å². The van der Waals surface area contributed by atoms with Crippen molar-refractivity contribution in [1.29, 1.82) is 0 Å². The summed E-state index contributed by atoms with van der Waals surface area (Å²) in [6, 6.07) is 6.53. The zero-order valence-corrected chi connectivity index (χ0v) is 19.3. The predicted molar refractivity (Wildman–Crippen MR) is 111 cm³/mol. The summed E-state index contributed by atoms with van der Waals surface area (Å²) in [6.07, 6.45) is 1.04. The van der Waals surface area contributed by atoms with E-state index in [2.05, 4.69) is 10.4 Å². The molecule has 160 valence electrons. The molecule has 2 aromatic rings. The van der Waals surface area contributed by atoms with Gasteiger partial charge in [0.2, 0.25) is 5.91 Å². The van der Waals surface area contributed by atoms with Gasteiger partial charge in [-0.05, 0) is 38.1 Å². The first-order valence-corrected chi connectivity index (χ1v) is 12.3. The lowest BCUT2D eigenvalue weighted by Crippen LogP contribution is -2.44. The minimum Gasteiger partial charge on any atom is -0.310 e. The summed E-state index contributed by atoms with van der Waals surface area (Å²) in [6.45, 7) is 8.56. The molecule has 29 heavy (non-hydrogen) atoms. The summed E-state index contributed by atoms with van der Waals surface area (Å²) in [7, 11) is -5.88. The molecule has 0 spiro atoms. The fourth-order valence-electron chi connectivity index (χ4n) is 2.50. The van der Waals surface area contributed by atoms with E-state index < -0.39 is 30.3 Å². The van der Waals surface area contributed by atoms with E-state index in [9.17, 15) is 21.6 Å². The molecule has 0 aliphatic heterocycles. The molecular formula is C19H27N3O5S2. The van der Waals surface area contributed by atoms with Gasteiger partial charge in [0, 0.05) is 24.8 Å². The van der Waals surface area contributed by atoms with Crippen molar-refractivity contribution in [1.82, 2.24) is 9.78 Å². The average Bonchev–Trinajstić information content (AvgIpc) is 2.95. The van der Waals surface area contributed by atoms with Crippen LogP contribution in [0.1, 0.15) is 40.3 Å². The SMILES string of the molecule is Cn1nc(C(C)(C)C)cc1NC(=O)C(C)(C)S(=O)(=O)c1ccc(S(C)(=O)=O)cc1. The monoisotopic (exact) mass is 441 g/mol. The van der Waals surface area contributed by atoms with Gasteiger partial charge >= 0.3 is 0 Å². The number of nitrogens with zero attached hydrogens (tertiary/aromatic N) is 2. The number of carbonyl (C=O) groups is 1. The van der Waals surface area contributed by atoms with Crippen LogP contribution in [0.25, 0.3) is 0 Å². The van der Waals surface area contributed by atoms with Crippen molar-refractivity contribution in [3.63, 3.8) is 0 Å². The molecule has 1 amide bonds. The van der Waals surface area contributed by atoms with E-state index in [1.165, 1.54) is 42.8 Å². The molecule has 10 heteroatoms. The molecule has 1 heterocycles. The minimum atomic E-state index is -4.09. The van der Waals surface area contributed by atoms with Gasteiger partial charge in [0.15, 0.2) is 19.7 Å². The highest BCUT2D eigenvalue weighted by Crippen LogP contribution is 2.29. The number of anilines is 1. The Kier molecular flexibility index (Phi) is 5.77. The van der Waals surface area contributed by atoms with E-state index in [0.29, 0.717) is 5.82 Å². The van der Waals surface area contributed by atoms with Crippen molar-refractivity contribution in [2.75, 3.05) is 11.6 Å². The average molecular weight is 442 g/mol. The van der Waals surface area contributed by atoms with Gasteiger partial charge in [-0.15, -0.1) is 0 Å². The van der Waals surface area contributed by atoms with Gasteiger partial charge in [0.1, 0.15) is 10.6 Å². The van der Waals surface area contributed by atoms with Crippen LogP contribution < -0.4 is 5.32 Å². The quantitative estimate of drug-likeness (QED) is 0.761. The number of carbonyl (C=O) groups excluding carboxylic acids is 1. The Hall–Kier alpha value is -2.20. The molecule has 1 N–H and O–H groups in total. The first-order valence-electron chi connectivity index (χ1n) is 8.88. The van der Waals surface area contributed by atoms with Crippen LogP contribution in [-0.4, -0.2) is 43.5 Å². The summed E-state index contributed by atoms with van der Waals surface area (Å²) in [4.78, 5) is 12.7. The zero-order valence-electron chi connectivity index (χ0n) is 17.6. The van der Waals surface area contributed by atoms with Gasteiger partial charge in [-0.2, -0.15) is 5.10 Å². The topological polar surface area (TPSA) is 115 Å². The van der Waals surface area contributed by atoms with Crippen molar-refractivity contribution < 1.29 is 21.6 Å². The number of nitrogens with one attached hydrogen (secondary N) is 1. The van der Waals surface area contributed by atoms with Gasteiger partial charge < -0.3 is 5.32 Å². The van der Waals surface area contributed by atoms with Crippen LogP contribution in [0.2, 0.25) is 0 Å². The van der Waals surface area contributed by atoms with Crippen molar-refractivity contribution >= 4 is 31.4 Å². The molecule has 0 radical (unpaired) electrons. The summed E-state index contributed by atoms with van der Waals surface area (Å²) >= 11 is 0. The van der Waals surface area contributed by atoms with Crippen LogP contribution in [0.5, 0.6) is 0 Å². The second kappa shape index (κ2) is 7.24. The van der Waals surface area contributed by atoms with E-state index in [1.54, 1.807) is 13.1 Å². The van der Waals surface area contributed by atoms with Crippen molar-refractivity contribution in [3.05, 3.63) is 36.0 Å². The summed E-state index contributed by atoms with van der Waals surface area (Å²) < 4.78 is 49.0. The Bertz CT molecular complexity index is 1140.